The van der Waals surface area contributed by atoms with Crippen LogP contribution < -0.4 is 5.73 Å². The Balaban J connectivity index is 2.34. The number of aromatic nitrogens is 1. The standard InChI is InChI=1S/C18H16N2O/c1-2-15(18(19)21)20-16-11-7-6-10-14(16)12-17(20)13-8-4-3-5-9-13/h2-12,15H,1H2,(H2,19,21). The monoisotopic (exact) mass is 276 g/mol. The maximum absolute atomic E-state index is 11.8. The fourth-order valence-corrected chi connectivity index (χ4v) is 2.66. The van der Waals surface area contributed by atoms with Crippen molar-refractivity contribution < 1.29 is 4.79 Å². The molecule has 2 aromatic carbocycles. The first-order chi connectivity index (χ1) is 10.2. The summed E-state index contributed by atoms with van der Waals surface area (Å²) in [6.07, 6.45) is 1.58. The predicted octanol–water partition coefficient (Wildman–Crippen LogP) is 3.52. The number of carbonyl (C=O) groups excluding carboxylic acids is 1. The van der Waals surface area contributed by atoms with Gasteiger partial charge in [0.2, 0.25) is 5.91 Å². The molecule has 1 aromatic heterocycles. The molecule has 0 saturated carbocycles. The van der Waals surface area contributed by atoms with E-state index in [1.54, 1.807) is 6.08 Å². The lowest BCUT2D eigenvalue weighted by molar-refractivity contribution is -0.119. The topological polar surface area (TPSA) is 48.0 Å². The normalized spacial score (nSPS) is 12.2. The lowest BCUT2D eigenvalue weighted by Gasteiger charge is -2.17. The van der Waals surface area contributed by atoms with E-state index in [0.717, 1.165) is 22.2 Å². The zero-order valence-electron chi connectivity index (χ0n) is 11.6. The van der Waals surface area contributed by atoms with Gasteiger partial charge >= 0.3 is 0 Å². The molecule has 3 rings (SSSR count). The van der Waals surface area contributed by atoms with Gasteiger partial charge in [0.1, 0.15) is 6.04 Å². The Morgan fingerprint density at radius 2 is 1.76 bits per heavy atom. The third kappa shape index (κ3) is 2.23. The molecule has 3 nitrogen and oxygen atoms in total. The van der Waals surface area contributed by atoms with Crippen molar-refractivity contribution in [3.05, 3.63) is 73.3 Å². The summed E-state index contributed by atoms with van der Waals surface area (Å²) < 4.78 is 1.94. The molecule has 0 aliphatic carbocycles. The van der Waals surface area contributed by atoms with Gasteiger partial charge in [-0.25, -0.2) is 0 Å². The van der Waals surface area contributed by atoms with Crippen LogP contribution in [0.2, 0.25) is 0 Å². The highest BCUT2D eigenvalue weighted by Crippen LogP contribution is 2.31. The molecular formula is C18H16N2O. The van der Waals surface area contributed by atoms with E-state index in [-0.39, 0.29) is 0 Å². The Morgan fingerprint density at radius 3 is 2.43 bits per heavy atom. The molecule has 1 heterocycles. The van der Waals surface area contributed by atoms with Crippen LogP contribution in [0, 0.1) is 0 Å². The maximum atomic E-state index is 11.8. The SMILES string of the molecule is C=CC(C(N)=O)n1c(-c2ccccc2)cc2ccccc21. The Kier molecular flexibility index (Phi) is 3.32. The van der Waals surface area contributed by atoms with Gasteiger partial charge < -0.3 is 10.3 Å². The number of para-hydroxylation sites is 1. The highest BCUT2D eigenvalue weighted by Gasteiger charge is 2.20. The van der Waals surface area contributed by atoms with E-state index in [1.165, 1.54) is 0 Å². The summed E-state index contributed by atoms with van der Waals surface area (Å²) >= 11 is 0. The quantitative estimate of drug-likeness (QED) is 0.728. The molecule has 1 atom stereocenters. The number of benzene rings is 2. The van der Waals surface area contributed by atoms with Crippen LogP contribution in [0.3, 0.4) is 0 Å². The van der Waals surface area contributed by atoms with E-state index in [1.807, 2.05) is 59.2 Å². The molecule has 104 valence electrons. The number of primary amides is 1. The second-order valence-electron chi connectivity index (χ2n) is 4.91. The van der Waals surface area contributed by atoms with Crippen LogP contribution in [0.15, 0.2) is 73.3 Å². The van der Waals surface area contributed by atoms with Crippen molar-refractivity contribution in [2.75, 3.05) is 0 Å². The average molecular weight is 276 g/mol. The van der Waals surface area contributed by atoms with Crippen molar-refractivity contribution in [2.24, 2.45) is 5.73 Å². The largest absolute Gasteiger partial charge is 0.368 e. The van der Waals surface area contributed by atoms with Crippen molar-refractivity contribution in [3.8, 4) is 11.3 Å². The molecule has 1 unspecified atom stereocenters. The first-order valence-electron chi connectivity index (χ1n) is 6.79. The van der Waals surface area contributed by atoms with Gasteiger partial charge in [0, 0.05) is 10.9 Å². The number of amides is 1. The minimum atomic E-state index is -0.569. The van der Waals surface area contributed by atoms with Crippen LogP contribution in [0.5, 0.6) is 0 Å². The molecule has 2 N–H and O–H groups in total. The Labute approximate surface area is 123 Å². The van der Waals surface area contributed by atoms with Crippen molar-refractivity contribution in [2.45, 2.75) is 6.04 Å². The second-order valence-corrected chi connectivity index (χ2v) is 4.91. The van der Waals surface area contributed by atoms with Gasteiger partial charge in [0.25, 0.3) is 0 Å². The summed E-state index contributed by atoms with van der Waals surface area (Å²) in [5.74, 6) is -0.413. The van der Waals surface area contributed by atoms with Gasteiger partial charge in [-0.15, -0.1) is 6.58 Å². The van der Waals surface area contributed by atoms with Crippen molar-refractivity contribution in [3.63, 3.8) is 0 Å². The van der Waals surface area contributed by atoms with Gasteiger partial charge in [0.05, 0.1) is 5.69 Å². The third-order valence-electron chi connectivity index (χ3n) is 3.61. The second kappa shape index (κ2) is 5.29. The van der Waals surface area contributed by atoms with Crippen molar-refractivity contribution in [1.82, 2.24) is 4.57 Å². The molecule has 3 aromatic rings. The summed E-state index contributed by atoms with van der Waals surface area (Å²) in [7, 11) is 0. The van der Waals surface area contributed by atoms with Crippen LogP contribution in [0.25, 0.3) is 22.2 Å². The van der Waals surface area contributed by atoms with Crippen LogP contribution >= 0.6 is 0 Å². The fraction of sp³-hybridized carbons (Fsp3) is 0.0556. The lowest BCUT2D eigenvalue weighted by atomic mass is 10.1. The molecule has 0 spiro atoms. The zero-order valence-corrected chi connectivity index (χ0v) is 11.6. The summed E-state index contributed by atoms with van der Waals surface area (Å²) in [5.41, 5.74) is 8.52. The lowest BCUT2D eigenvalue weighted by Crippen LogP contribution is -2.25. The molecule has 3 heteroatoms. The maximum Gasteiger partial charge on any atom is 0.244 e. The van der Waals surface area contributed by atoms with Crippen molar-refractivity contribution in [1.29, 1.82) is 0 Å². The Morgan fingerprint density at radius 1 is 1.10 bits per heavy atom. The van der Waals surface area contributed by atoms with Gasteiger partial charge in [-0.3, -0.25) is 4.79 Å². The number of fused-ring (bicyclic) bond motifs is 1. The molecule has 21 heavy (non-hydrogen) atoms. The van der Waals surface area contributed by atoms with Crippen LogP contribution in [0.1, 0.15) is 6.04 Å². The molecule has 0 fully saturated rings. The number of carbonyl (C=O) groups is 1. The van der Waals surface area contributed by atoms with E-state index in [9.17, 15) is 4.79 Å². The Bertz CT molecular complexity index is 802. The van der Waals surface area contributed by atoms with Gasteiger partial charge in [-0.1, -0.05) is 54.6 Å². The molecule has 1 amide bonds. The van der Waals surface area contributed by atoms with E-state index in [2.05, 4.69) is 12.6 Å². The molecule has 0 aliphatic heterocycles. The molecule has 0 aliphatic rings. The van der Waals surface area contributed by atoms with E-state index in [4.69, 9.17) is 5.73 Å². The summed E-state index contributed by atoms with van der Waals surface area (Å²) in [5, 5.41) is 1.07. The number of nitrogens with two attached hydrogens (primary N) is 1. The zero-order chi connectivity index (χ0) is 14.8. The van der Waals surface area contributed by atoms with Gasteiger partial charge in [0.15, 0.2) is 0 Å². The highest BCUT2D eigenvalue weighted by atomic mass is 16.1. The first-order valence-corrected chi connectivity index (χ1v) is 6.79. The number of hydrogen-bond donors (Lipinski definition) is 1. The van der Waals surface area contributed by atoms with Crippen LogP contribution in [-0.4, -0.2) is 10.5 Å². The third-order valence-corrected chi connectivity index (χ3v) is 3.61. The molecule has 0 radical (unpaired) electrons. The summed E-state index contributed by atoms with van der Waals surface area (Å²) in [6.45, 7) is 3.76. The van der Waals surface area contributed by atoms with Gasteiger partial charge in [-0.2, -0.15) is 0 Å². The van der Waals surface area contributed by atoms with E-state index in [0.29, 0.717) is 0 Å². The highest BCUT2D eigenvalue weighted by molar-refractivity contribution is 5.91. The molecule has 0 saturated heterocycles. The van der Waals surface area contributed by atoms with E-state index < -0.39 is 11.9 Å². The molecule has 0 bridgehead atoms. The minimum Gasteiger partial charge on any atom is -0.368 e. The van der Waals surface area contributed by atoms with E-state index >= 15 is 0 Å². The van der Waals surface area contributed by atoms with Crippen LogP contribution in [0.4, 0.5) is 0 Å². The number of hydrogen-bond acceptors (Lipinski definition) is 1. The minimum absolute atomic E-state index is 0.413. The predicted molar refractivity (Wildman–Crippen MR) is 85.8 cm³/mol. The summed E-state index contributed by atoms with van der Waals surface area (Å²) in [4.78, 5) is 11.8. The van der Waals surface area contributed by atoms with Gasteiger partial charge in [-0.05, 0) is 17.7 Å². The smallest absolute Gasteiger partial charge is 0.244 e. The van der Waals surface area contributed by atoms with Crippen LogP contribution in [-0.2, 0) is 4.79 Å². The number of nitrogens with zero attached hydrogens (tertiary/aromatic N) is 1. The Hall–Kier alpha value is -2.81. The molecular weight excluding hydrogens is 260 g/mol. The number of rotatable bonds is 4. The fourth-order valence-electron chi connectivity index (χ4n) is 2.66. The summed E-state index contributed by atoms with van der Waals surface area (Å²) in [6, 6.07) is 19.4. The average Bonchev–Trinajstić information content (AvgIpc) is 2.88. The first kappa shape index (κ1) is 13.2. The van der Waals surface area contributed by atoms with Crippen molar-refractivity contribution >= 4 is 16.8 Å².